The normalized spacial score (nSPS) is 11.5. The summed E-state index contributed by atoms with van der Waals surface area (Å²) in [6.45, 7) is 8.38. The Kier molecular flexibility index (Phi) is 5.96. The van der Waals surface area contributed by atoms with Crippen molar-refractivity contribution in [2.75, 3.05) is 7.11 Å². The van der Waals surface area contributed by atoms with Gasteiger partial charge in [-0.1, -0.05) is 37.6 Å². The number of benzene rings is 2. The third-order valence-corrected chi connectivity index (χ3v) is 5.42. The smallest absolute Gasteiger partial charge is 0.251 e. The number of methoxy groups -OCH3 is 1. The van der Waals surface area contributed by atoms with E-state index in [0.717, 1.165) is 51.5 Å². The SMILES string of the molecule is COc1c(C)cc(-c2nc3c(CC(C)C)nc(Cc4ccc(Cl)cc4)nc3o2)cc1C. The average molecular weight is 436 g/mol. The lowest BCUT2D eigenvalue weighted by Gasteiger charge is -2.09. The second kappa shape index (κ2) is 8.67. The molecule has 5 nitrogen and oxygen atoms in total. The molecule has 4 rings (SSSR count). The van der Waals surface area contributed by atoms with Crippen molar-refractivity contribution in [2.45, 2.75) is 40.5 Å². The fourth-order valence-electron chi connectivity index (χ4n) is 3.84. The van der Waals surface area contributed by atoms with Gasteiger partial charge in [-0.15, -0.1) is 0 Å². The minimum Gasteiger partial charge on any atom is -0.496 e. The molecule has 0 bridgehead atoms. The second-order valence-corrected chi connectivity index (χ2v) is 8.74. The summed E-state index contributed by atoms with van der Waals surface area (Å²) in [5.74, 6) is 2.58. The number of ether oxygens (including phenoxy) is 1. The highest BCUT2D eigenvalue weighted by atomic mass is 35.5. The van der Waals surface area contributed by atoms with Crippen LogP contribution in [0.1, 0.15) is 42.1 Å². The topological polar surface area (TPSA) is 61.0 Å². The molecule has 0 unspecified atom stereocenters. The minimum absolute atomic E-state index is 0.437. The third kappa shape index (κ3) is 4.57. The van der Waals surface area contributed by atoms with Gasteiger partial charge in [0.2, 0.25) is 5.89 Å². The quantitative estimate of drug-likeness (QED) is 0.353. The predicted molar refractivity (Wildman–Crippen MR) is 124 cm³/mol. The summed E-state index contributed by atoms with van der Waals surface area (Å²) in [7, 11) is 1.68. The number of aromatic nitrogens is 3. The maximum absolute atomic E-state index is 6.13. The van der Waals surface area contributed by atoms with E-state index >= 15 is 0 Å². The molecule has 0 N–H and O–H groups in total. The molecule has 0 atom stereocenters. The van der Waals surface area contributed by atoms with Crippen LogP contribution in [0.2, 0.25) is 5.02 Å². The van der Waals surface area contributed by atoms with Gasteiger partial charge < -0.3 is 9.15 Å². The maximum Gasteiger partial charge on any atom is 0.251 e. The fourth-order valence-corrected chi connectivity index (χ4v) is 3.96. The summed E-state index contributed by atoms with van der Waals surface area (Å²) in [5.41, 5.74) is 6.25. The van der Waals surface area contributed by atoms with E-state index in [1.165, 1.54) is 0 Å². The highest BCUT2D eigenvalue weighted by molar-refractivity contribution is 6.30. The molecule has 6 heteroatoms. The van der Waals surface area contributed by atoms with Gasteiger partial charge in [-0.05, 0) is 67.1 Å². The van der Waals surface area contributed by atoms with Gasteiger partial charge in [0.15, 0.2) is 5.52 Å². The van der Waals surface area contributed by atoms with Gasteiger partial charge in [0.25, 0.3) is 5.71 Å². The zero-order chi connectivity index (χ0) is 22.1. The second-order valence-electron chi connectivity index (χ2n) is 8.30. The molecule has 2 aromatic carbocycles. The largest absolute Gasteiger partial charge is 0.496 e. The van der Waals surface area contributed by atoms with Gasteiger partial charge in [-0.25, -0.2) is 9.97 Å². The first-order chi connectivity index (χ1) is 14.8. The molecule has 4 aromatic rings. The van der Waals surface area contributed by atoms with Crippen molar-refractivity contribution in [3.8, 4) is 17.2 Å². The number of hydrogen-bond donors (Lipinski definition) is 0. The summed E-state index contributed by atoms with van der Waals surface area (Å²) in [4.78, 5) is 14.3. The lowest BCUT2D eigenvalue weighted by molar-refractivity contribution is 0.408. The number of halogens is 1. The van der Waals surface area contributed by atoms with Crippen molar-refractivity contribution in [3.63, 3.8) is 0 Å². The van der Waals surface area contributed by atoms with Crippen molar-refractivity contribution in [2.24, 2.45) is 5.92 Å². The van der Waals surface area contributed by atoms with E-state index in [1.807, 2.05) is 50.2 Å². The van der Waals surface area contributed by atoms with E-state index in [-0.39, 0.29) is 0 Å². The van der Waals surface area contributed by atoms with E-state index in [2.05, 4.69) is 18.8 Å². The molecule has 0 aliphatic carbocycles. The van der Waals surface area contributed by atoms with Crippen LogP contribution in [0, 0.1) is 19.8 Å². The lowest BCUT2D eigenvalue weighted by Crippen LogP contribution is -2.04. The van der Waals surface area contributed by atoms with Crippen molar-refractivity contribution < 1.29 is 9.15 Å². The number of fused-ring (bicyclic) bond motifs is 1. The first kappa shape index (κ1) is 21.3. The Morgan fingerprint density at radius 3 is 2.29 bits per heavy atom. The zero-order valence-corrected chi connectivity index (χ0v) is 19.2. The Hall–Kier alpha value is -2.92. The van der Waals surface area contributed by atoms with Crippen LogP contribution in [-0.4, -0.2) is 22.1 Å². The molecule has 0 amide bonds. The van der Waals surface area contributed by atoms with Crippen LogP contribution >= 0.6 is 11.6 Å². The highest BCUT2D eigenvalue weighted by Crippen LogP contribution is 2.32. The Balaban J connectivity index is 1.79. The summed E-state index contributed by atoms with van der Waals surface area (Å²) in [6, 6.07) is 11.8. The summed E-state index contributed by atoms with van der Waals surface area (Å²) >= 11 is 6.02. The molecule has 0 spiro atoms. The first-order valence-corrected chi connectivity index (χ1v) is 10.8. The molecular weight excluding hydrogens is 410 g/mol. The molecule has 2 aromatic heterocycles. The summed E-state index contributed by atoms with van der Waals surface area (Å²) in [6.07, 6.45) is 1.41. The summed E-state index contributed by atoms with van der Waals surface area (Å²) in [5, 5.41) is 0.713. The molecule has 0 fully saturated rings. The molecule has 0 radical (unpaired) electrons. The van der Waals surface area contributed by atoms with E-state index in [4.69, 9.17) is 30.7 Å². The molecule has 0 saturated heterocycles. The van der Waals surface area contributed by atoms with Gasteiger partial charge in [-0.2, -0.15) is 4.98 Å². The highest BCUT2D eigenvalue weighted by Gasteiger charge is 2.18. The molecule has 0 aliphatic heterocycles. The predicted octanol–water partition coefficient (Wildman–Crippen LogP) is 6.35. The fraction of sp³-hybridized carbons (Fsp3) is 0.320. The first-order valence-electron chi connectivity index (χ1n) is 10.4. The molecule has 0 saturated carbocycles. The number of nitrogens with zero attached hydrogens (tertiary/aromatic N) is 3. The molecule has 160 valence electrons. The van der Waals surface area contributed by atoms with Gasteiger partial charge in [-0.3, -0.25) is 0 Å². The average Bonchev–Trinajstić information content (AvgIpc) is 3.14. The lowest BCUT2D eigenvalue weighted by atomic mass is 10.1. The molecule has 0 aliphatic rings. The van der Waals surface area contributed by atoms with Gasteiger partial charge in [0.1, 0.15) is 11.6 Å². The van der Waals surface area contributed by atoms with E-state index in [0.29, 0.717) is 29.0 Å². The number of oxazole rings is 1. The van der Waals surface area contributed by atoms with Gasteiger partial charge in [0, 0.05) is 17.0 Å². The van der Waals surface area contributed by atoms with Gasteiger partial charge in [0.05, 0.1) is 12.8 Å². The van der Waals surface area contributed by atoms with E-state index in [9.17, 15) is 0 Å². The maximum atomic E-state index is 6.13. The van der Waals surface area contributed by atoms with Crippen molar-refractivity contribution in [1.29, 1.82) is 0 Å². The Labute approximate surface area is 187 Å². The minimum atomic E-state index is 0.437. The number of rotatable bonds is 6. The summed E-state index contributed by atoms with van der Waals surface area (Å²) < 4.78 is 11.6. The number of aryl methyl sites for hydroxylation is 2. The number of hydrogen-bond acceptors (Lipinski definition) is 5. The van der Waals surface area contributed by atoms with Crippen LogP contribution in [0.3, 0.4) is 0 Å². The van der Waals surface area contributed by atoms with Crippen LogP contribution < -0.4 is 4.74 Å². The van der Waals surface area contributed by atoms with Crippen LogP contribution in [0.5, 0.6) is 5.75 Å². The zero-order valence-electron chi connectivity index (χ0n) is 18.5. The van der Waals surface area contributed by atoms with Crippen LogP contribution in [-0.2, 0) is 12.8 Å². The standard InChI is InChI=1S/C25H26ClN3O2/c1-14(2)10-20-22-25(28-21(27-20)13-17-6-8-19(26)9-7-17)31-24(29-22)18-11-15(3)23(30-5)16(4)12-18/h6-9,11-12,14H,10,13H2,1-5H3. The Morgan fingerprint density at radius 1 is 1.00 bits per heavy atom. The van der Waals surface area contributed by atoms with Crippen LogP contribution in [0.25, 0.3) is 22.7 Å². The van der Waals surface area contributed by atoms with Crippen molar-refractivity contribution in [1.82, 2.24) is 15.0 Å². The Morgan fingerprint density at radius 2 is 1.68 bits per heavy atom. The van der Waals surface area contributed by atoms with E-state index < -0.39 is 0 Å². The molecule has 2 heterocycles. The third-order valence-electron chi connectivity index (χ3n) is 5.17. The Bertz CT molecular complexity index is 1210. The molecular formula is C25H26ClN3O2. The van der Waals surface area contributed by atoms with Crippen molar-refractivity contribution >= 4 is 22.8 Å². The van der Waals surface area contributed by atoms with Crippen molar-refractivity contribution in [3.05, 3.63) is 69.6 Å². The molecule has 31 heavy (non-hydrogen) atoms. The van der Waals surface area contributed by atoms with Crippen LogP contribution in [0.4, 0.5) is 0 Å². The monoisotopic (exact) mass is 435 g/mol. The van der Waals surface area contributed by atoms with E-state index in [1.54, 1.807) is 7.11 Å². The van der Waals surface area contributed by atoms with Gasteiger partial charge >= 0.3 is 0 Å². The van der Waals surface area contributed by atoms with Crippen LogP contribution in [0.15, 0.2) is 40.8 Å².